The third-order valence-corrected chi connectivity index (χ3v) is 4.07. The van der Waals surface area contributed by atoms with Gasteiger partial charge in [0.15, 0.2) is 5.01 Å². The third-order valence-electron chi connectivity index (χ3n) is 2.97. The number of aromatic nitrogens is 3. The first-order chi connectivity index (χ1) is 9.69. The molecular formula is C13H14N4O2S. The Balaban J connectivity index is 2.03. The van der Waals surface area contributed by atoms with Crippen molar-refractivity contribution in [1.29, 1.82) is 0 Å². The van der Waals surface area contributed by atoms with Crippen LogP contribution in [0.1, 0.15) is 41.2 Å². The maximum absolute atomic E-state index is 11.3. The number of amides is 1. The molecular weight excluding hydrogens is 276 g/mol. The molecule has 1 aliphatic rings. The second-order valence-electron chi connectivity index (χ2n) is 4.55. The van der Waals surface area contributed by atoms with Crippen molar-refractivity contribution in [2.45, 2.75) is 25.7 Å². The van der Waals surface area contributed by atoms with Gasteiger partial charge in [0.2, 0.25) is 5.88 Å². The van der Waals surface area contributed by atoms with Crippen molar-refractivity contribution in [3.63, 3.8) is 0 Å². The van der Waals surface area contributed by atoms with Crippen LogP contribution < -0.4 is 10.5 Å². The van der Waals surface area contributed by atoms with Gasteiger partial charge in [-0.2, -0.15) is 0 Å². The first-order valence-corrected chi connectivity index (χ1v) is 7.26. The number of primary amides is 1. The zero-order valence-corrected chi connectivity index (χ0v) is 11.8. The molecule has 2 aromatic heterocycles. The Kier molecular flexibility index (Phi) is 3.35. The van der Waals surface area contributed by atoms with Crippen molar-refractivity contribution in [3.8, 4) is 16.5 Å². The molecule has 0 unspecified atom stereocenters. The number of hydrogen-bond acceptors (Lipinski definition) is 6. The van der Waals surface area contributed by atoms with Crippen LogP contribution in [0.5, 0.6) is 5.88 Å². The van der Waals surface area contributed by atoms with E-state index in [1.807, 2.05) is 6.92 Å². The van der Waals surface area contributed by atoms with Crippen LogP contribution >= 0.6 is 11.3 Å². The summed E-state index contributed by atoms with van der Waals surface area (Å²) in [6, 6.07) is 0. The van der Waals surface area contributed by atoms with Gasteiger partial charge >= 0.3 is 0 Å². The van der Waals surface area contributed by atoms with E-state index < -0.39 is 5.91 Å². The van der Waals surface area contributed by atoms with Crippen LogP contribution in [0.4, 0.5) is 0 Å². The highest BCUT2D eigenvalue weighted by Crippen LogP contribution is 2.45. The summed E-state index contributed by atoms with van der Waals surface area (Å²) < 4.78 is 5.36. The summed E-state index contributed by atoms with van der Waals surface area (Å²) in [5.74, 6) is 0.379. The van der Waals surface area contributed by atoms with Crippen molar-refractivity contribution in [2.24, 2.45) is 5.73 Å². The smallest absolute Gasteiger partial charge is 0.277 e. The number of ether oxygens (including phenoxy) is 1. The number of carbonyl (C=O) groups is 1. The van der Waals surface area contributed by atoms with E-state index in [2.05, 4.69) is 15.0 Å². The summed E-state index contributed by atoms with van der Waals surface area (Å²) in [6.07, 6.45) is 5.41. The van der Waals surface area contributed by atoms with Gasteiger partial charge in [-0.3, -0.25) is 9.78 Å². The van der Waals surface area contributed by atoms with E-state index in [9.17, 15) is 4.79 Å². The molecule has 1 fully saturated rings. The Morgan fingerprint density at radius 2 is 2.25 bits per heavy atom. The van der Waals surface area contributed by atoms with Crippen molar-refractivity contribution in [2.75, 3.05) is 6.61 Å². The van der Waals surface area contributed by atoms with Crippen molar-refractivity contribution < 1.29 is 9.53 Å². The lowest BCUT2D eigenvalue weighted by molar-refractivity contribution is 0.1000. The maximum Gasteiger partial charge on any atom is 0.277 e. The van der Waals surface area contributed by atoms with E-state index in [-0.39, 0.29) is 0 Å². The van der Waals surface area contributed by atoms with Crippen LogP contribution in [-0.2, 0) is 0 Å². The Morgan fingerprint density at radius 3 is 2.90 bits per heavy atom. The van der Waals surface area contributed by atoms with Crippen LogP contribution in [0.15, 0.2) is 12.4 Å². The molecule has 0 radical (unpaired) electrons. The molecule has 0 aromatic carbocycles. The Bertz CT molecular complexity index is 652. The van der Waals surface area contributed by atoms with Gasteiger partial charge in [-0.15, -0.1) is 11.3 Å². The number of nitrogens with two attached hydrogens (primary N) is 1. The first kappa shape index (κ1) is 13.0. The second-order valence-corrected chi connectivity index (χ2v) is 5.55. The molecule has 6 nitrogen and oxygen atoms in total. The van der Waals surface area contributed by atoms with E-state index in [0.717, 1.165) is 23.4 Å². The van der Waals surface area contributed by atoms with Crippen LogP contribution in [0.3, 0.4) is 0 Å². The quantitative estimate of drug-likeness (QED) is 0.909. The maximum atomic E-state index is 11.3. The van der Waals surface area contributed by atoms with Crippen molar-refractivity contribution >= 4 is 17.2 Å². The molecule has 0 atom stereocenters. The molecule has 20 heavy (non-hydrogen) atoms. The molecule has 2 N–H and O–H groups in total. The molecule has 0 bridgehead atoms. The van der Waals surface area contributed by atoms with Crippen molar-refractivity contribution in [3.05, 3.63) is 23.1 Å². The normalized spacial score (nSPS) is 14.2. The summed E-state index contributed by atoms with van der Waals surface area (Å²) in [4.78, 5) is 25.1. The number of hydrogen-bond donors (Lipinski definition) is 1. The molecule has 1 aliphatic carbocycles. The van der Waals surface area contributed by atoms with E-state index in [1.54, 1.807) is 12.4 Å². The van der Waals surface area contributed by atoms with Gasteiger partial charge < -0.3 is 10.5 Å². The standard InChI is InChI=1S/C13H14N4O2S/c1-2-19-9-6-15-5-8(16-9)11-10(7-3-4-7)17-13(20-11)12(14)18/h5-7H,2-4H2,1H3,(H2,14,18). The SMILES string of the molecule is CCOc1cncc(-c2sc(C(N)=O)nc2C2CC2)n1. The molecule has 3 rings (SSSR count). The summed E-state index contributed by atoms with van der Waals surface area (Å²) in [5.41, 5.74) is 6.91. The lowest BCUT2D eigenvalue weighted by Crippen LogP contribution is -2.10. The first-order valence-electron chi connectivity index (χ1n) is 6.44. The fourth-order valence-corrected chi connectivity index (χ4v) is 2.89. The minimum Gasteiger partial charge on any atom is -0.477 e. The van der Waals surface area contributed by atoms with Crippen molar-refractivity contribution in [1.82, 2.24) is 15.0 Å². The predicted octanol–water partition coefficient (Wildman–Crippen LogP) is 1.98. The number of rotatable bonds is 5. The van der Waals surface area contributed by atoms with Gasteiger partial charge in [0.05, 0.1) is 29.6 Å². The molecule has 104 valence electrons. The van der Waals surface area contributed by atoms with E-state index in [4.69, 9.17) is 10.5 Å². The fourth-order valence-electron chi connectivity index (χ4n) is 1.93. The van der Waals surface area contributed by atoms with E-state index in [0.29, 0.717) is 29.1 Å². The zero-order chi connectivity index (χ0) is 14.1. The average molecular weight is 290 g/mol. The summed E-state index contributed by atoms with van der Waals surface area (Å²) in [5, 5.41) is 0.325. The zero-order valence-electron chi connectivity index (χ0n) is 11.0. The van der Waals surface area contributed by atoms with E-state index in [1.165, 1.54) is 11.3 Å². The van der Waals surface area contributed by atoms with Gasteiger partial charge in [0, 0.05) is 5.92 Å². The fraction of sp³-hybridized carbons (Fsp3) is 0.385. The van der Waals surface area contributed by atoms with Crippen LogP contribution in [-0.4, -0.2) is 27.5 Å². The lowest BCUT2D eigenvalue weighted by Gasteiger charge is -2.03. The Hall–Kier alpha value is -2.02. The van der Waals surface area contributed by atoms with Crippen LogP contribution in [0, 0.1) is 0 Å². The lowest BCUT2D eigenvalue weighted by atomic mass is 10.2. The molecule has 0 spiro atoms. The Labute approximate surface area is 120 Å². The molecule has 1 saturated carbocycles. The molecule has 2 aromatic rings. The van der Waals surface area contributed by atoms with Gasteiger partial charge in [-0.1, -0.05) is 0 Å². The number of thiazole rings is 1. The topological polar surface area (TPSA) is 91.0 Å². The summed E-state index contributed by atoms with van der Waals surface area (Å²) in [7, 11) is 0. The van der Waals surface area contributed by atoms with Gasteiger partial charge in [0.1, 0.15) is 5.69 Å². The third kappa shape index (κ3) is 2.49. The molecule has 0 aliphatic heterocycles. The van der Waals surface area contributed by atoms with Gasteiger partial charge in [-0.05, 0) is 19.8 Å². The summed E-state index contributed by atoms with van der Waals surface area (Å²) in [6.45, 7) is 2.42. The van der Waals surface area contributed by atoms with Crippen LogP contribution in [0.2, 0.25) is 0 Å². The van der Waals surface area contributed by atoms with Gasteiger partial charge in [0.25, 0.3) is 5.91 Å². The molecule has 7 heteroatoms. The minimum absolute atomic E-state index is 0.325. The Morgan fingerprint density at radius 1 is 1.45 bits per heavy atom. The average Bonchev–Trinajstić information content (AvgIpc) is 3.18. The highest BCUT2D eigenvalue weighted by molar-refractivity contribution is 7.17. The second kappa shape index (κ2) is 5.16. The van der Waals surface area contributed by atoms with Gasteiger partial charge in [-0.25, -0.2) is 9.97 Å². The van der Waals surface area contributed by atoms with E-state index >= 15 is 0 Å². The predicted molar refractivity (Wildman–Crippen MR) is 74.8 cm³/mol. The van der Waals surface area contributed by atoms with Crippen LogP contribution in [0.25, 0.3) is 10.6 Å². The minimum atomic E-state index is -0.503. The molecule has 2 heterocycles. The molecule has 0 saturated heterocycles. The molecule has 1 amide bonds. The monoisotopic (exact) mass is 290 g/mol. The largest absolute Gasteiger partial charge is 0.477 e. The highest BCUT2D eigenvalue weighted by Gasteiger charge is 2.31. The number of nitrogens with zero attached hydrogens (tertiary/aromatic N) is 3. The highest BCUT2D eigenvalue weighted by atomic mass is 32.1. The summed E-state index contributed by atoms with van der Waals surface area (Å²) >= 11 is 1.27. The number of carbonyl (C=O) groups excluding carboxylic acids is 1.